The van der Waals surface area contributed by atoms with E-state index in [1.54, 1.807) is 48.5 Å². The molecule has 0 aliphatic rings. The highest BCUT2D eigenvalue weighted by Gasteiger charge is 2.21. The summed E-state index contributed by atoms with van der Waals surface area (Å²) in [5.41, 5.74) is 3.58. The SMILES string of the molecule is Cc1cccc(NC(=O)CSc2ccc(S(=O)(=O)N(C)c3ccccc3)cc2)c1C. The Morgan fingerprint density at radius 2 is 1.60 bits per heavy atom. The van der Waals surface area contributed by atoms with Crippen molar-refractivity contribution in [3.8, 4) is 0 Å². The van der Waals surface area contributed by atoms with E-state index in [2.05, 4.69) is 5.32 Å². The first kappa shape index (κ1) is 21.9. The van der Waals surface area contributed by atoms with Crippen LogP contribution in [0.4, 0.5) is 11.4 Å². The van der Waals surface area contributed by atoms with Crippen LogP contribution in [-0.4, -0.2) is 27.1 Å². The fourth-order valence-electron chi connectivity index (χ4n) is 2.86. The third-order valence-corrected chi connectivity index (χ3v) is 7.66. The maximum absolute atomic E-state index is 12.8. The highest BCUT2D eigenvalue weighted by Crippen LogP contribution is 2.25. The van der Waals surface area contributed by atoms with E-state index >= 15 is 0 Å². The molecular weight excluding hydrogens is 416 g/mol. The van der Waals surface area contributed by atoms with Crippen LogP contribution in [0.1, 0.15) is 11.1 Å². The lowest BCUT2D eigenvalue weighted by atomic mass is 10.1. The standard InChI is InChI=1S/C23H24N2O3S2/c1-17-8-7-11-22(18(17)2)24-23(26)16-29-20-12-14-21(15-13-20)30(27,28)25(3)19-9-5-4-6-10-19/h4-15H,16H2,1-3H3,(H,24,26). The van der Waals surface area contributed by atoms with Gasteiger partial charge in [-0.05, 0) is 67.4 Å². The Morgan fingerprint density at radius 1 is 0.933 bits per heavy atom. The van der Waals surface area contributed by atoms with Crippen molar-refractivity contribution in [1.29, 1.82) is 0 Å². The van der Waals surface area contributed by atoms with Crippen molar-refractivity contribution in [2.75, 3.05) is 22.4 Å². The Hall–Kier alpha value is -2.77. The highest BCUT2D eigenvalue weighted by molar-refractivity contribution is 8.00. The number of anilines is 2. The molecule has 0 saturated carbocycles. The van der Waals surface area contributed by atoms with Crippen LogP contribution in [0.5, 0.6) is 0 Å². The quantitative estimate of drug-likeness (QED) is 0.533. The van der Waals surface area contributed by atoms with Crippen molar-refractivity contribution in [2.45, 2.75) is 23.6 Å². The summed E-state index contributed by atoms with van der Waals surface area (Å²) in [5, 5.41) is 2.93. The van der Waals surface area contributed by atoms with Gasteiger partial charge in [-0.25, -0.2) is 8.42 Å². The molecule has 0 saturated heterocycles. The van der Waals surface area contributed by atoms with Gasteiger partial charge >= 0.3 is 0 Å². The molecule has 1 amide bonds. The number of aryl methyl sites for hydroxylation is 1. The summed E-state index contributed by atoms with van der Waals surface area (Å²) in [7, 11) is -2.11. The van der Waals surface area contributed by atoms with E-state index in [9.17, 15) is 13.2 Å². The Bertz CT molecular complexity index is 1130. The molecule has 0 aromatic heterocycles. The second-order valence-electron chi connectivity index (χ2n) is 6.86. The molecule has 156 valence electrons. The first-order valence-electron chi connectivity index (χ1n) is 9.42. The van der Waals surface area contributed by atoms with E-state index in [4.69, 9.17) is 0 Å². The second-order valence-corrected chi connectivity index (χ2v) is 9.88. The molecule has 0 aliphatic carbocycles. The van der Waals surface area contributed by atoms with Gasteiger partial charge in [0.2, 0.25) is 5.91 Å². The molecule has 5 nitrogen and oxygen atoms in total. The van der Waals surface area contributed by atoms with E-state index < -0.39 is 10.0 Å². The van der Waals surface area contributed by atoms with Gasteiger partial charge in [0.05, 0.1) is 16.3 Å². The van der Waals surface area contributed by atoms with Crippen molar-refractivity contribution in [1.82, 2.24) is 0 Å². The van der Waals surface area contributed by atoms with Gasteiger partial charge < -0.3 is 5.32 Å². The third kappa shape index (κ3) is 5.04. The van der Waals surface area contributed by atoms with Crippen LogP contribution in [0, 0.1) is 13.8 Å². The van der Waals surface area contributed by atoms with E-state index in [-0.39, 0.29) is 16.6 Å². The van der Waals surface area contributed by atoms with E-state index in [1.807, 2.05) is 38.1 Å². The van der Waals surface area contributed by atoms with Crippen LogP contribution < -0.4 is 9.62 Å². The van der Waals surface area contributed by atoms with Gasteiger partial charge in [0.15, 0.2) is 0 Å². The summed E-state index contributed by atoms with van der Waals surface area (Å²) in [6.45, 7) is 3.98. The smallest absolute Gasteiger partial charge is 0.264 e. The molecule has 30 heavy (non-hydrogen) atoms. The zero-order valence-corrected chi connectivity index (χ0v) is 18.8. The first-order chi connectivity index (χ1) is 14.3. The largest absolute Gasteiger partial charge is 0.325 e. The molecule has 3 rings (SSSR count). The summed E-state index contributed by atoms with van der Waals surface area (Å²) in [6, 6.07) is 21.3. The molecule has 0 aliphatic heterocycles. The minimum absolute atomic E-state index is 0.103. The highest BCUT2D eigenvalue weighted by atomic mass is 32.2. The fraction of sp³-hybridized carbons (Fsp3) is 0.174. The molecule has 3 aromatic carbocycles. The summed E-state index contributed by atoms with van der Waals surface area (Å²) >= 11 is 1.36. The lowest BCUT2D eigenvalue weighted by Gasteiger charge is -2.19. The Kier molecular flexibility index (Phi) is 6.84. The number of hydrogen-bond donors (Lipinski definition) is 1. The van der Waals surface area contributed by atoms with Gasteiger partial charge in [0.25, 0.3) is 10.0 Å². The molecule has 0 heterocycles. The average molecular weight is 441 g/mol. The summed E-state index contributed by atoms with van der Waals surface area (Å²) in [5.74, 6) is 0.137. The molecule has 3 aromatic rings. The molecule has 0 atom stereocenters. The van der Waals surface area contributed by atoms with Crippen LogP contribution in [0.15, 0.2) is 82.6 Å². The molecule has 0 radical (unpaired) electrons. The molecule has 1 N–H and O–H groups in total. The number of carbonyl (C=O) groups is 1. The monoisotopic (exact) mass is 440 g/mol. The molecule has 0 spiro atoms. The van der Waals surface area contributed by atoms with Crippen LogP contribution >= 0.6 is 11.8 Å². The van der Waals surface area contributed by atoms with Crippen LogP contribution in [0.3, 0.4) is 0 Å². The van der Waals surface area contributed by atoms with Crippen LogP contribution in [0.2, 0.25) is 0 Å². The van der Waals surface area contributed by atoms with Gasteiger partial charge in [0.1, 0.15) is 0 Å². The van der Waals surface area contributed by atoms with Gasteiger partial charge in [0, 0.05) is 17.6 Å². The normalized spacial score (nSPS) is 11.2. The number of thioether (sulfide) groups is 1. The first-order valence-corrected chi connectivity index (χ1v) is 11.8. The van der Waals surface area contributed by atoms with E-state index in [1.165, 1.54) is 23.1 Å². The number of nitrogens with zero attached hydrogens (tertiary/aromatic N) is 1. The number of nitrogens with one attached hydrogen (secondary N) is 1. The lowest BCUT2D eigenvalue weighted by Crippen LogP contribution is -2.26. The predicted molar refractivity (Wildman–Crippen MR) is 124 cm³/mol. The molecule has 0 unspecified atom stereocenters. The van der Waals surface area contributed by atoms with Gasteiger partial charge in [-0.15, -0.1) is 11.8 Å². The number of para-hydroxylation sites is 1. The topological polar surface area (TPSA) is 66.5 Å². The van der Waals surface area contributed by atoms with E-state index in [0.29, 0.717) is 5.69 Å². The minimum Gasteiger partial charge on any atom is -0.325 e. The van der Waals surface area contributed by atoms with Crippen molar-refractivity contribution in [2.24, 2.45) is 0 Å². The summed E-state index contributed by atoms with van der Waals surface area (Å²) < 4.78 is 26.9. The van der Waals surface area contributed by atoms with E-state index in [0.717, 1.165) is 21.7 Å². The maximum atomic E-state index is 12.8. The van der Waals surface area contributed by atoms with Crippen LogP contribution in [-0.2, 0) is 14.8 Å². The average Bonchev–Trinajstić information content (AvgIpc) is 2.76. The number of benzene rings is 3. The van der Waals surface area contributed by atoms with Crippen molar-refractivity contribution < 1.29 is 13.2 Å². The lowest BCUT2D eigenvalue weighted by molar-refractivity contribution is -0.113. The number of amides is 1. The van der Waals surface area contributed by atoms with Gasteiger partial charge in [-0.2, -0.15) is 0 Å². The van der Waals surface area contributed by atoms with Gasteiger partial charge in [-0.1, -0.05) is 30.3 Å². The zero-order valence-electron chi connectivity index (χ0n) is 17.1. The second kappa shape index (κ2) is 9.36. The fourth-order valence-corrected chi connectivity index (χ4v) is 4.76. The van der Waals surface area contributed by atoms with Gasteiger partial charge in [-0.3, -0.25) is 9.10 Å². The minimum atomic E-state index is -3.64. The van der Waals surface area contributed by atoms with Crippen molar-refractivity contribution in [3.05, 3.63) is 83.9 Å². The van der Waals surface area contributed by atoms with Crippen LogP contribution in [0.25, 0.3) is 0 Å². The number of rotatable bonds is 7. The Balaban J connectivity index is 1.63. The predicted octanol–water partition coefficient (Wildman–Crippen LogP) is 4.86. The molecule has 7 heteroatoms. The van der Waals surface area contributed by atoms with Crippen molar-refractivity contribution >= 4 is 39.1 Å². The molecule has 0 bridgehead atoms. The molecule has 0 fully saturated rings. The Labute approximate surface area is 182 Å². The third-order valence-electron chi connectivity index (χ3n) is 4.85. The van der Waals surface area contributed by atoms with Crippen molar-refractivity contribution in [3.63, 3.8) is 0 Å². The number of sulfonamides is 1. The molecular formula is C23H24N2O3S2. The zero-order chi connectivity index (χ0) is 21.7. The summed E-state index contributed by atoms with van der Waals surface area (Å²) in [6.07, 6.45) is 0. The number of carbonyl (C=O) groups excluding carboxylic acids is 1. The summed E-state index contributed by atoms with van der Waals surface area (Å²) in [4.78, 5) is 13.3. The number of hydrogen-bond acceptors (Lipinski definition) is 4. The maximum Gasteiger partial charge on any atom is 0.264 e. The Morgan fingerprint density at radius 3 is 2.27 bits per heavy atom.